The van der Waals surface area contributed by atoms with Crippen LogP contribution < -0.4 is 5.32 Å². The summed E-state index contributed by atoms with van der Waals surface area (Å²) in [6.07, 6.45) is 11.8. The lowest BCUT2D eigenvalue weighted by atomic mass is 9.85. The van der Waals surface area contributed by atoms with Crippen LogP contribution in [0.3, 0.4) is 0 Å². The molecule has 0 spiro atoms. The van der Waals surface area contributed by atoms with E-state index in [0.717, 1.165) is 24.8 Å². The van der Waals surface area contributed by atoms with Gasteiger partial charge in [0.1, 0.15) is 0 Å². The van der Waals surface area contributed by atoms with E-state index in [0.29, 0.717) is 11.9 Å². The number of amides is 1. The first-order valence-electron chi connectivity index (χ1n) is 8.25. The molecule has 0 aromatic rings. The smallest absolute Gasteiger partial charge is 0.239 e. The van der Waals surface area contributed by atoms with Crippen LogP contribution in [0.2, 0.25) is 0 Å². The molecule has 1 heterocycles. The van der Waals surface area contributed by atoms with E-state index < -0.39 is 0 Å². The van der Waals surface area contributed by atoms with Gasteiger partial charge in [0, 0.05) is 19.6 Å². The molecule has 3 aliphatic rings. The van der Waals surface area contributed by atoms with Crippen LogP contribution >= 0.6 is 0 Å². The Labute approximate surface area is 117 Å². The molecule has 3 atom stereocenters. The number of rotatable bonds is 3. The van der Waals surface area contributed by atoms with E-state index in [-0.39, 0.29) is 6.04 Å². The summed E-state index contributed by atoms with van der Waals surface area (Å²) in [5, 5.41) is 3.61. The summed E-state index contributed by atoms with van der Waals surface area (Å²) in [5.41, 5.74) is 0. The molecule has 3 unspecified atom stereocenters. The van der Waals surface area contributed by atoms with Crippen LogP contribution in [-0.2, 0) is 4.79 Å². The van der Waals surface area contributed by atoms with Crippen molar-refractivity contribution < 1.29 is 4.79 Å². The van der Waals surface area contributed by atoms with Crippen molar-refractivity contribution in [2.24, 2.45) is 11.8 Å². The number of nitrogens with zero attached hydrogens (tertiary/aromatic N) is 1. The Morgan fingerprint density at radius 1 is 1.11 bits per heavy atom. The van der Waals surface area contributed by atoms with Gasteiger partial charge in [-0.05, 0) is 43.9 Å². The second-order valence-electron chi connectivity index (χ2n) is 6.98. The van der Waals surface area contributed by atoms with Gasteiger partial charge in [0.2, 0.25) is 5.91 Å². The Bertz CT molecular complexity index is 311. The SMILES string of the molecule is CN(CC1CCCC1)C(=O)C1CC2CCCCC2N1. The van der Waals surface area contributed by atoms with Crippen molar-refractivity contribution >= 4 is 5.91 Å². The highest BCUT2D eigenvalue weighted by atomic mass is 16.2. The second kappa shape index (κ2) is 5.82. The number of hydrogen-bond acceptors (Lipinski definition) is 2. The van der Waals surface area contributed by atoms with Crippen LogP contribution in [0.15, 0.2) is 0 Å². The molecule has 108 valence electrons. The summed E-state index contributed by atoms with van der Waals surface area (Å²) in [5.74, 6) is 1.88. The van der Waals surface area contributed by atoms with Crippen molar-refractivity contribution in [3.63, 3.8) is 0 Å². The molecule has 0 bridgehead atoms. The molecule has 1 N–H and O–H groups in total. The average molecular weight is 264 g/mol. The van der Waals surface area contributed by atoms with Gasteiger partial charge in [0.25, 0.3) is 0 Å². The maximum atomic E-state index is 12.5. The van der Waals surface area contributed by atoms with Crippen molar-refractivity contribution in [2.75, 3.05) is 13.6 Å². The molecule has 3 heteroatoms. The van der Waals surface area contributed by atoms with Crippen LogP contribution in [0.5, 0.6) is 0 Å². The van der Waals surface area contributed by atoms with Gasteiger partial charge in [-0.1, -0.05) is 25.7 Å². The molecule has 1 aliphatic heterocycles. The first kappa shape index (κ1) is 13.4. The Balaban J connectivity index is 1.52. The summed E-state index contributed by atoms with van der Waals surface area (Å²) in [6.45, 7) is 0.979. The third kappa shape index (κ3) is 2.96. The molecule has 3 fully saturated rings. The number of carbonyl (C=O) groups excluding carboxylic acids is 1. The van der Waals surface area contributed by atoms with Crippen LogP contribution in [-0.4, -0.2) is 36.5 Å². The zero-order valence-corrected chi connectivity index (χ0v) is 12.2. The van der Waals surface area contributed by atoms with Crippen molar-refractivity contribution in [1.29, 1.82) is 0 Å². The van der Waals surface area contributed by atoms with Crippen LogP contribution in [0.25, 0.3) is 0 Å². The summed E-state index contributed by atoms with van der Waals surface area (Å²) in [7, 11) is 2.00. The quantitative estimate of drug-likeness (QED) is 0.849. The number of fused-ring (bicyclic) bond motifs is 1. The number of carbonyl (C=O) groups is 1. The highest BCUT2D eigenvalue weighted by molar-refractivity contribution is 5.82. The third-order valence-electron chi connectivity index (χ3n) is 5.54. The molecule has 19 heavy (non-hydrogen) atoms. The predicted octanol–water partition coefficient (Wildman–Crippen LogP) is 2.56. The lowest BCUT2D eigenvalue weighted by Crippen LogP contribution is -2.45. The fourth-order valence-corrected chi connectivity index (χ4v) is 4.45. The van der Waals surface area contributed by atoms with Crippen molar-refractivity contribution in [3.8, 4) is 0 Å². The lowest BCUT2D eigenvalue weighted by Gasteiger charge is -2.25. The van der Waals surface area contributed by atoms with Crippen LogP contribution in [0.1, 0.15) is 57.8 Å². The molecule has 3 nitrogen and oxygen atoms in total. The molecular weight excluding hydrogens is 236 g/mol. The van der Waals surface area contributed by atoms with Gasteiger partial charge >= 0.3 is 0 Å². The third-order valence-corrected chi connectivity index (χ3v) is 5.54. The van der Waals surface area contributed by atoms with Crippen molar-refractivity contribution in [1.82, 2.24) is 10.2 Å². The van der Waals surface area contributed by atoms with Crippen LogP contribution in [0, 0.1) is 11.8 Å². The van der Waals surface area contributed by atoms with E-state index in [1.165, 1.54) is 51.4 Å². The minimum absolute atomic E-state index is 0.111. The molecular formula is C16H28N2O. The lowest BCUT2D eigenvalue weighted by molar-refractivity contribution is -0.132. The first-order chi connectivity index (χ1) is 9.24. The maximum absolute atomic E-state index is 12.5. The standard InChI is InChI=1S/C16H28N2O/c1-18(11-12-6-2-3-7-12)16(19)15-10-13-8-4-5-9-14(13)17-15/h12-15,17H,2-11H2,1H3. The molecule has 1 saturated heterocycles. The zero-order valence-electron chi connectivity index (χ0n) is 12.2. The Morgan fingerprint density at radius 2 is 1.79 bits per heavy atom. The summed E-state index contributed by atoms with van der Waals surface area (Å²) >= 11 is 0. The second-order valence-corrected chi connectivity index (χ2v) is 6.98. The summed E-state index contributed by atoms with van der Waals surface area (Å²) in [4.78, 5) is 14.5. The highest BCUT2D eigenvalue weighted by Crippen LogP contribution is 2.34. The van der Waals surface area contributed by atoms with Gasteiger partial charge in [0.05, 0.1) is 6.04 Å². The van der Waals surface area contributed by atoms with Gasteiger partial charge in [0.15, 0.2) is 0 Å². The zero-order chi connectivity index (χ0) is 13.2. The summed E-state index contributed by atoms with van der Waals surface area (Å²) in [6, 6.07) is 0.738. The highest BCUT2D eigenvalue weighted by Gasteiger charge is 2.39. The minimum atomic E-state index is 0.111. The van der Waals surface area contributed by atoms with Crippen molar-refractivity contribution in [2.45, 2.75) is 69.9 Å². The van der Waals surface area contributed by atoms with E-state index in [1.807, 2.05) is 11.9 Å². The first-order valence-corrected chi connectivity index (χ1v) is 8.25. The molecule has 2 saturated carbocycles. The fourth-order valence-electron chi connectivity index (χ4n) is 4.45. The number of hydrogen-bond donors (Lipinski definition) is 1. The normalized spacial score (nSPS) is 35.3. The van der Waals surface area contributed by atoms with Gasteiger partial charge in [-0.3, -0.25) is 4.79 Å². The van der Waals surface area contributed by atoms with Gasteiger partial charge < -0.3 is 10.2 Å². The van der Waals surface area contributed by atoms with E-state index >= 15 is 0 Å². The molecule has 0 radical (unpaired) electrons. The largest absolute Gasteiger partial charge is 0.344 e. The minimum Gasteiger partial charge on any atom is -0.344 e. The predicted molar refractivity (Wildman–Crippen MR) is 76.9 cm³/mol. The average Bonchev–Trinajstić information content (AvgIpc) is 3.05. The van der Waals surface area contributed by atoms with E-state index in [9.17, 15) is 4.79 Å². The van der Waals surface area contributed by atoms with E-state index in [2.05, 4.69) is 5.32 Å². The Hall–Kier alpha value is -0.570. The van der Waals surface area contributed by atoms with Crippen LogP contribution in [0.4, 0.5) is 0 Å². The molecule has 3 rings (SSSR count). The maximum Gasteiger partial charge on any atom is 0.239 e. The Kier molecular flexibility index (Phi) is 4.11. The number of likely N-dealkylation sites (N-methyl/N-ethyl adjacent to an activating group) is 1. The Morgan fingerprint density at radius 3 is 2.53 bits per heavy atom. The fraction of sp³-hybridized carbons (Fsp3) is 0.938. The number of nitrogens with one attached hydrogen (secondary N) is 1. The van der Waals surface area contributed by atoms with Crippen molar-refractivity contribution in [3.05, 3.63) is 0 Å². The van der Waals surface area contributed by atoms with Gasteiger partial charge in [-0.25, -0.2) is 0 Å². The summed E-state index contributed by atoms with van der Waals surface area (Å²) < 4.78 is 0. The van der Waals surface area contributed by atoms with Gasteiger partial charge in [-0.15, -0.1) is 0 Å². The topological polar surface area (TPSA) is 32.3 Å². The van der Waals surface area contributed by atoms with E-state index in [1.54, 1.807) is 0 Å². The molecule has 2 aliphatic carbocycles. The molecule has 0 aromatic heterocycles. The molecule has 1 amide bonds. The monoisotopic (exact) mass is 264 g/mol. The van der Waals surface area contributed by atoms with E-state index in [4.69, 9.17) is 0 Å². The molecule has 0 aromatic carbocycles. The van der Waals surface area contributed by atoms with Gasteiger partial charge in [-0.2, -0.15) is 0 Å².